The molecule has 0 saturated carbocycles. The fourth-order valence-electron chi connectivity index (χ4n) is 2.12. The van der Waals surface area contributed by atoms with Crippen LogP contribution in [0.5, 0.6) is 0 Å². The molecule has 2 heterocycles. The van der Waals surface area contributed by atoms with Crippen LogP contribution in [0.3, 0.4) is 0 Å². The summed E-state index contributed by atoms with van der Waals surface area (Å²) in [6.45, 7) is 0.344. The molecule has 0 unspecified atom stereocenters. The summed E-state index contributed by atoms with van der Waals surface area (Å²) in [5, 5.41) is 2.79. The van der Waals surface area contributed by atoms with Crippen molar-refractivity contribution >= 4 is 28.5 Å². The Balaban J connectivity index is 1.62. The van der Waals surface area contributed by atoms with Gasteiger partial charge in [-0.15, -0.1) is 0 Å². The lowest BCUT2D eigenvalue weighted by Crippen LogP contribution is -2.31. The molecule has 0 aliphatic heterocycles. The average Bonchev–Trinajstić information content (AvgIpc) is 3.11. The third-order valence-corrected chi connectivity index (χ3v) is 4.09. The number of nitrogens with zero attached hydrogens (tertiary/aromatic N) is 2. The molecule has 0 aliphatic carbocycles. The van der Waals surface area contributed by atoms with Crippen molar-refractivity contribution in [2.24, 2.45) is 0 Å². The summed E-state index contributed by atoms with van der Waals surface area (Å²) in [6, 6.07) is 12.7. The van der Waals surface area contributed by atoms with Gasteiger partial charge in [0, 0.05) is 16.2 Å². The summed E-state index contributed by atoms with van der Waals surface area (Å²) >= 11 is 2.22. The first-order chi connectivity index (χ1) is 11.6. The van der Waals surface area contributed by atoms with Crippen LogP contribution in [-0.4, -0.2) is 15.5 Å². The topological polar surface area (TPSA) is 77.1 Å². The zero-order chi connectivity index (χ0) is 16.9. The lowest BCUT2D eigenvalue weighted by atomic mass is 10.2. The molecule has 0 bridgehead atoms. The van der Waals surface area contributed by atoms with E-state index < -0.39 is 0 Å². The monoisotopic (exact) mass is 435 g/mol. The minimum atomic E-state index is -0.305. The fraction of sp³-hybridized carbons (Fsp3) is 0.118. The Bertz CT molecular complexity index is 886. The molecule has 0 radical (unpaired) electrons. The summed E-state index contributed by atoms with van der Waals surface area (Å²) in [5.41, 5.74) is 1.14. The van der Waals surface area contributed by atoms with Crippen LogP contribution < -0.4 is 10.9 Å². The summed E-state index contributed by atoms with van der Waals surface area (Å²) < 4.78 is 7.60. The first-order valence-corrected chi connectivity index (χ1v) is 8.31. The fourth-order valence-corrected chi connectivity index (χ4v) is 2.48. The van der Waals surface area contributed by atoms with Gasteiger partial charge < -0.3 is 9.73 Å². The van der Waals surface area contributed by atoms with Crippen LogP contribution in [0.1, 0.15) is 5.56 Å². The molecule has 0 saturated heterocycles. The molecule has 0 spiro atoms. The Morgan fingerprint density at radius 2 is 2.04 bits per heavy atom. The van der Waals surface area contributed by atoms with E-state index in [2.05, 4.69) is 32.9 Å². The third-order valence-electron chi connectivity index (χ3n) is 3.37. The van der Waals surface area contributed by atoms with Crippen LogP contribution in [-0.2, 0) is 17.9 Å². The first kappa shape index (κ1) is 16.4. The number of rotatable bonds is 5. The van der Waals surface area contributed by atoms with E-state index >= 15 is 0 Å². The van der Waals surface area contributed by atoms with E-state index in [1.807, 2.05) is 24.3 Å². The summed E-state index contributed by atoms with van der Waals surface area (Å²) in [6.07, 6.45) is 2.87. The van der Waals surface area contributed by atoms with Crippen molar-refractivity contribution < 1.29 is 9.21 Å². The van der Waals surface area contributed by atoms with Crippen molar-refractivity contribution in [2.75, 3.05) is 0 Å². The molecular weight excluding hydrogens is 421 g/mol. The lowest BCUT2D eigenvalue weighted by Gasteiger charge is -2.07. The van der Waals surface area contributed by atoms with Gasteiger partial charge in [0.15, 0.2) is 5.76 Å². The second kappa shape index (κ2) is 7.43. The molecule has 3 rings (SSSR count). The molecule has 122 valence electrons. The predicted octanol–water partition coefficient (Wildman–Crippen LogP) is 2.42. The Kier molecular flexibility index (Phi) is 5.09. The number of nitrogens with one attached hydrogen (secondary N) is 1. The summed E-state index contributed by atoms with van der Waals surface area (Å²) in [4.78, 5) is 28.2. The van der Waals surface area contributed by atoms with E-state index in [9.17, 15) is 9.59 Å². The van der Waals surface area contributed by atoms with Gasteiger partial charge in [0.1, 0.15) is 12.2 Å². The van der Waals surface area contributed by atoms with Crippen LogP contribution in [0.4, 0.5) is 0 Å². The highest BCUT2D eigenvalue weighted by molar-refractivity contribution is 14.1. The maximum absolute atomic E-state index is 12.1. The molecule has 0 fully saturated rings. The average molecular weight is 435 g/mol. The molecule has 7 heteroatoms. The van der Waals surface area contributed by atoms with Gasteiger partial charge >= 0.3 is 0 Å². The minimum Gasteiger partial charge on any atom is -0.463 e. The smallest absolute Gasteiger partial charge is 0.254 e. The molecule has 3 aromatic rings. The number of aromatic nitrogens is 2. The van der Waals surface area contributed by atoms with Gasteiger partial charge in [0.25, 0.3) is 5.56 Å². The number of hydrogen-bond acceptors (Lipinski definition) is 4. The summed E-state index contributed by atoms with van der Waals surface area (Å²) in [7, 11) is 0. The van der Waals surface area contributed by atoms with Gasteiger partial charge in [-0.05, 0) is 52.4 Å². The Morgan fingerprint density at radius 1 is 1.25 bits per heavy atom. The molecule has 0 atom stereocenters. The van der Waals surface area contributed by atoms with Gasteiger partial charge in [-0.25, -0.2) is 4.98 Å². The van der Waals surface area contributed by atoms with Crippen LogP contribution >= 0.6 is 22.6 Å². The van der Waals surface area contributed by atoms with Crippen LogP contribution in [0.25, 0.3) is 11.5 Å². The van der Waals surface area contributed by atoms with Gasteiger partial charge in [-0.3, -0.25) is 14.2 Å². The number of furan rings is 1. The Labute approximate surface area is 151 Å². The number of hydrogen-bond donors (Lipinski definition) is 1. The van der Waals surface area contributed by atoms with Crippen LogP contribution in [0, 0.1) is 3.57 Å². The van der Waals surface area contributed by atoms with E-state index in [1.165, 1.54) is 23.2 Å². The number of carbonyl (C=O) groups is 1. The van der Waals surface area contributed by atoms with E-state index in [-0.39, 0.29) is 18.0 Å². The first-order valence-electron chi connectivity index (χ1n) is 7.23. The van der Waals surface area contributed by atoms with Gasteiger partial charge in [0.2, 0.25) is 5.91 Å². The predicted molar refractivity (Wildman–Crippen MR) is 97.2 cm³/mol. The standard InChI is InChI=1S/C17H14IN3O3/c18-13-5-3-12(4-6-13)9-19-16(22)10-21-11-20-14(8-17(21)23)15-2-1-7-24-15/h1-8,11H,9-10H2,(H,19,22). The second-order valence-corrected chi connectivity index (χ2v) is 6.37. The van der Waals surface area contributed by atoms with Gasteiger partial charge in [0.05, 0.1) is 12.6 Å². The third kappa shape index (κ3) is 4.10. The Hall–Kier alpha value is -2.42. The molecular formula is C17H14IN3O3. The van der Waals surface area contributed by atoms with Crippen LogP contribution in [0.15, 0.2) is 64.3 Å². The molecule has 2 aromatic heterocycles. The quantitative estimate of drug-likeness (QED) is 0.625. The maximum atomic E-state index is 12.1. The molecule has 6 nitrogen and oxygen atoms in total. The molecule has 0 aliphatic rings. The molecule has 1 aromatic carbocycles. The van der Waals surface area contributed by atoms with Gasteiger partial charge in [-0.1, -0.05) is 12.1 Å². The normalized spacial score (nSPS) is 10.5. The van der Waals surface area contributed by atoms with Crippen molar-refractivity contribution in [1.29, 1.82) is 0 Å². The maximum Gasteiger partial charge on any atom is 0.254 e. The van der Waals surface area contributed by atoms with Crippen molar-refractivity contribution in [3.63, 3.8) is 0 Å². The lowest BCUT2D eigenvalue weighted by molar-refractivity contribution is -0.121. The largest absolute Gasteiger partial charge is 0.463 e. The number of carbonyl (C=O) groups excluding carboxylic acids is 1. The van der Waals surface area contributed by atoms with E-state index in [4.69, 9.17) is 4.42 Å². The zero-order valence-corrected chi connectivity index (χ0v) is 14.8. The van der Waals surface area contributed by atoms with Crippen molar-refractivity contribution in [1.82, 2.24) is 14.9 Å². The highest BCUT2D eigenvalue weighted by Crippen LogP contribution is 2.14. The zero-order valence-electron chi connectivity index (χ0n) is 12.6. The van der Waals surface area contributed by atoms with E-state index in [0.717, 1.165) is 9.13 Å². The van der Waals surface area contributed by atoms with Crippen LogP contribution in [0.2, 0.25) is 0 Å². The SMILES string of the molecule is O=C(Cn1cnc(-c2ccco2)cc1=O)NCc1ccc(I)cc1. The number of halogens is 1. The molecule has 24 heavy (non-hydrogen) atoms. The highest BCUT2D eigenvalue weighted by atomic mass is 127. The number of benzene rings is 1. The minimum absolute atomic E-state index is 0.0748. The molecule has 1 amide bonds. The number of amides is 1. The van der Waals surface area contributed by atoms with Gasteiger partial charge in [-0.2, -0.15) is 0 Å². The van der Waals surface area contributed by atoms with Crippen molar-refractivity contribution in [2.45, 2.75) is 13.1 Å². The van der Waals surface area contributed by atoms with Crippen molar-refractivity contribution in [3.05, 3.63) is 74.5 Å². The summed E-state index contributed by atoms with van der Waals surface area (Å²) in [5.74, 6) is 0.269. The highest BCUT2D eigenvalue weighted by Gasteiger charge is 2.08. The Morgan fingerprint density at radius 3 is 2.71 bits per heavy atom. The van der Waals surface area contributed by atoms with Crippen molar-refractivity contribution in [3.8, 4) is 11.5 Å². The van der Waals surface area contributed by atoms with E-state index in [1.54, 1.807) is 12.1 Å². The second-order valence-electron chi connectivity index (χ2n) is 5.12. The molecule has 1 N–H and O–H groups in total. The van der Waals surface area contributed by atoms with E-state index in [0.29, 0.717) is 18.0 Å².